The average molecular weight is 252 g/mol. The molecule has 0 aromatic rings. The average Bonchev–Trinajstić information content (AvgIpc) is 2.21. The Balaban J connectivity index is 1.27. The summed E-state index contributed by atoms with van der Waals surface area (Å²) in [6.45, 7) is 14.3. The monoisotopic (exact) mass is 252 g/mol. The lowest BCUT2D eigenvalue weighted by Crippen LogP contribution is -2.72. The molecule has 0 aromatic heterocycles. The Bertz CT molecular complexity index is 274. The van der Waals surface area contributed by atoms with Gasteiger partial charge in [0.2, 0.25) is 0 Å². The first-order chi connectivity index (χ1) is 8.73. The van der Waals surface area contributed by atoms with Crippen LogP contribution >= 0.6 is 0 Å². The first-order valence-corrected chi connectivity index (χ1v) is 7.75. The van der Waals surface area contributed by atoms with Crippen molar-refractivity contribution in [2.45, 2.75) is 26.7 Å². The zero-order valence-corrected chi connectivity index (χ0v) is 12.0. The Morgan fingerprint density at radius 3 is 2.28 bits per heavy atom. The van der Waals surface area contributed by atoms with E-state index in [-0.39, 0.29) is 0 Å². The van der Waals surface area contributed by atoms with Crippen LogP contribution in [-0.2, 0) is 4.74 Å². The standard InChI is InChI=1S/C15H28N2O/c1-3-16-9-15(10-16)11-17(12-15)7-13-5-14(6-13)8-18-4-2/h13-14H,3-12H2,1-2H3. The van der Waals surface area contributed by atoms with Crippen molar-refractivity contribution in [3.63, 3.8) is 0 Å². The van der Waals surface area contributed by atoms with Crippen molar-refractivity contribution in [2.75, 3.05) is 52.5 Å². The minimum absolute atomic E-state index is 0.713. The molecule has 2 saturated heterocycles. The first-order valence-electron chi connectivity index (χ1n) is 7.75. The number of hydrogen-bond donors (Lipinski definition) is 0. The van der Waals surface area contributed by atoms with Crippen LogP contribution in [0.4, 0.5) is 0 Å². The topological polar surface area (TPSA) is 15.7 Å². The molecular weight excluding hydrogens is 224 g/mol. The third kappa shape index (κ3) is 2.45. The van der Waals surface area contributed by atoms with Gasteiger partial charge in [-0.05, 0) is 38.1 Å². The maximum absolute atomic E-state index is 5.50. The molecule has 1 aliphatic carbocycles. The molecule has 0 bridgehead atoms. The van der Waals surface area contributed by atoms with Gasteiger partial charge in [-0.15, -0.1) is 0 Å². The molecule has 1 saturated carbocycles. The smallest absolute Gasteiger partial charge is 0.0494 e. The Hall–Kier alpha value is -0.120. The molecule has 2 aliphatic heterocycles. The van der Waals surface area contributed by atoms with Crippen LogP contribution in [0.1, 0.15) is 26.7 Å². The Kier molecular flexibility index (Phi) is 3.65. The third-order valence-corrected chi connectivity index (χ3v) is 5.09. The zero-order valence-electron chi connectivity index (χ0n) is 12.0. The van der Waals surface area contributed by atoms with Gasteiger partial charge in [0.25, 0.3) is 0 Å². The lowest BCUT2D eigenvalue weighted by molar-refractivity contribution is -0.122. The molecule has 0 N–H and O–H groups in total. The Labute approximate surface area is 111 Å². The molecule has 104 valence electrons. The highest BCUT2D eigenvalue weighted by molar-refractivity contribution is 5.05. The van der Waals surface area contributed by atoms with E-state index in [4.69, 9.17) is 4.74 Å². The minimum atomic E-state index is 0.713. The van der Waals surface area contributed by atoms with E-state index in [0.29, 0.717) is 5.41 Å². The van der Waals surface area contributed by atoms with Crippen LogP contribution in [0.3, 0.4) is 0 Å². The molecule has 0 atom stereocenters. The predicted molar refractivity (Wildman–Crippen MR) is 73.7 cm³/mol. The van der Waals surface area contributed by atoms with E-state index in [2.05, 4.69) is 23.6 Å². The summed E-state index contributed by atoms with van der Waals surface area (Å²) in [5.74, 6) is 1.83. The van der Waals surface area contributed by atoms with Crippen molar-refractivity contribution < 1.29 is 4.74 Å². The van der Waals surface area contributed by atoms with Gasteiger partial charge >= 0.3 is 0 Å². The Morgan fingerprint density at radius 1 is 1.00 bits per heavy atom. The van der Waals surface area contributed by atoms with Crippen LogP contribution in [-0.4, -0.2) is 62.3 Å². The summed E-state index contributed by atoms with van der Waals surface area (Å²) in [6, 6.07) is 0. The molecule has 3 nitrogen and oxygen atoms in total. The number of likely N-dealkylation sites (tertiary alicyclic amines) is 2. The molecule has 3 rings (SSSR count). The summed E-state index contributed by atoms with van der Waals surface area (Å²) in [6.07, 6.45) is 2.81. The van der Waals surface area contributed by atoms with Crippen LogP contribution in [0, 0.1) is 17.3 Å². The number of nitrogens with zero attached hydrogens (tertiary/aromatic N) is 2. The van der Waals surface area contributed by atoms with Gasteiger partial charge in [0.1, 0.15) is 0 Å². The van der Waals surface area contributed by atoms with Gasteiger partial charge in [0.15, 0.2) is 0 Å². The summed E-state index contributed by atoms with van der Waals surface area (Å²) in [4.78, 5) is 5.26. The number of rotatable bonds is 6. The normalized spacial score (nSPS) is 35.0. The molecule has 3 fully saturated rings. The molecule has 0 amide bonds. The van der Waals surface area contributed by atoms with Crippen LogP contribution in [0.5, 0.6) is 0 Å². The second kappa shape index (κ2) is 5.10. The van der Waals surface area contributed by atoms with Crippen molar-refractivity contribution in [3.8, 4) is 0 Å². The molecule has 3 aliphatic rings. The fourth-order valence-electron chi connectivity index (χ4n) is 4.17. The van der Waals surface area contributed by atoms with E-state index in [0.717, 1.165) is 25.0 Å². The van der Waals surface area contributed by atoms with Gasteiger partial charge in [-0.2, -0.15) is 0 Å². The molecule has 0 unspecified atom stereocenters. The molecule has 18 heavy (non-hydrogen) atoms. The largest absolute Gasteiger partial charge is 0.381 e. The lowest BCUT2D eigenvalue weighted by atomic mass is 9.70. The quantitative estimate of drug-likeness (QED) is 0.715. The van der Waals surface area contributed by atoms with Crippen LogP contribution in [0.25, 0.3) is 0 Å². The van der Waals surface area contributed by atoms with Gasteiger partial charge < -0.3 is 14.5 Å². The number of hydrogen-bond acceptors (Lipinski definition) is 3. The second-order valence-electron chi connectivity index (χ2n) is 6.84. The van der Waals surface area contributed by atoms with E-state index in [1.54, 1.807) is 0 Å². The van der Waals surface area contributed by atoms with E-state index in [1.807, 2.05) is 0 Å². The summed E-state index contributed by atoms with van der Waals surface area (Å²) >= 11 is 0. The molecule has 3 heteroatoms. The van der Waals surface area contributed by atoms with Crippen molar-refractivity contribution in [1.29, 1.82) is 0 Å². The van der Waals surface area contributed by atoms with Gasteiger partial charge in [0, 0.05) is 51.4 Å². The van der Waals surface area contributed by atoms with Gasteiger partial charge in [0.05, 0.1) is 0 Å². The maximum atomic E-state index is 5.50. The first kappa shape index (κ1) is 12.9. The summed E-state index contributed by atoms with van der Waals surface area (Å²) < 4.78 is 5.50. The van der Waals surface area contributed by atoms with E-state index >= 15 is 0 Å². The fraction of sp³-hybridized carbons (Fsp3) is 1.00. The van der Waals surface area contributed by atoms with Crippen molar-refractivity contribution >= 4 is 0 Å². The summed E-state index contributed by atoms with van der Waals surface area (Å²) in [5, 5.41) is 0. The highest BCUT2D eigenvalue weighted by Crippen LogP contribution is 2.42. The molecule has 0 radical (unpaired) electrons. The molecular formula is C15H28N2O. The van der Waals surface area contributed by atoms with Crippen LogP contribution < -0.4 is 0 Å². The summed E-state index contributed by atoms with van der Waals surface area (Å²) in [7, 11) is 0. The zero-order chi connectivity index (χ0) is 12.6. The highest BCUT2D eigenvalue weighted by atomic mass is 16.5. The van der Waals surface area contributed by atoms with Crippen molar-refractivity contribution in [1.82, 2.24) is 9.80 Å². The van der Waals surface area contributed by atoms with Crippen LogP contribution in [0.15, 0.2) is 0 Å². The molecule has 2 heterocycles. The second-order valence-corrected chi connectivity index (χ2v) is 6.84. The molecule has 0 aromatic carbocycles. The van der Waals surface area contributed by atoms with E-state index < -0.39 is 0 Å². The van der Waals surface area contributed by atoms with Crippen molar-refractivity contribution in [2.24, 2.45) is 17.3 Å². The van der Waals surface area contributed by atoms with Gasteiger partial charge in [-0.1, -0.05) is 6.92 Å². The fourth-order valence-corrected chi connectivity index (χ4v) is 4.17. The van der Waals surface area contributed by atoms with Gasteiger partial charge in [-0.25, -0.2) is 0 Å². The lowest BCUT2D eigenvalue weighted by Gasteiger charge is -2.61. The third-order valence-electron chi connectivity index (χ3n) is 5.09. The van der Waals surface area contributed by atoms with E-state index in [9.17, 15) is 0 Å². The predicted octanol–water partition coefficient (Wildman–Crippen LogP) is 1.69. The van der Waals surface area contributed by atoms with Crippen molar-refractivity contribution in [3.05, 3.63) is 0 Å². The highest BCUT2D eigenvalue weighted by Gasteiger charge is 2.51. The SMILES string of the molecule is CCOCC1CC(CN2CC3(CN(CC)C3)C2)C1. The van der Waals surface area contributed by atoms with Crippen LogP contribution in [0.2, 0.25) is 0 Å². The Morgan fingerprint density at radius 2 is 1.67 bits per heavy atom. The summed E-state index contributed by atoms with van der Waals surface area (Å²) in [5.41, 5.74) is 0.713. The maximum Gasteiger partial charge on any atom is 0.0494 e. The number of ether oxygens (including phenoxy) is 1. The molecule has 1 spiro atoms. The van der Waals surface area contributed by atoms with E-state index in [1.165, 1.54) is 52.1 Å². The van der Waals surface area contributed by atoms with Gasteiger partial charge in [-0.3, -0.25) is 0 Å². The minimum Gasteiger partial charge on any atom is -0.381 e.